The number of anilines is 1. The van der Waals surface area contributed by atoms with Crippen LogP contribution in [0.3, 0.4) is 0 Å². The Morgan fingerprint density at radius 2 is 2.13 bits per heavy atom. The fraction of sp³-hybridized carbons (Fsp3) is 0.300. The average Bonchev–Trinajstić information content (AvgIpc) is 3.28. The second-order valence-electron chi connectivity index (χ2n) is 7.40. The third-order valence-corrected chi connectivity index (χ3v) is 6.81. The number of rotatable bonds is 2. The number of pyridine rings is 1. The van der Waals surface area contributed by atoms with Crippen molar-refractivity contribution in [3.8, 4) is 10.6 Å². The van der Waals surface area contributed by atoms with Crippen LogP contribution in [0.4, 0.5) is 19.3 Å². The first-order valence-corrected chi connectivity index (χ1v) is 10.6. The molecule has 1 aromatic carbocycles. The van der Waals surface area contributed by atoms with Gasteiger partial charge in [0, 0.05) is 23.4 Å². The molecule has 0 unspecified atom stereocenters. The number of aryl methyl sites for hydroxylation is 1. The number of benzene rings is 1. The Balaban J connectivity index is 1.42. The molecule has 2 aliphatic heterocycles. The van der Waals surface area contributed by atoms with E-state index in [1.165, 1.54) is 29.7 Å². The highest BCUT2D eigenvalue weighted by Crippen LogP contribution is 2.44. The van der Waals surface area contributed by atoms with Crippen LogP contribution in [0.25, 0.3) is 10.6 Å². The first-order valence-electron chi connectivity index (χ1n) is 9.44. The topological polar surface area (TPSA) is 71.0 Å². The zero-order chi connectivity index (χ0) is 21.0. The molecule has 154 valence electrons. The highest BCUT2D eigenvalue weighted by Gasteiger charge is 2.43. The fourth-order valence-corrected chi connectivity index (χ4v) is 5.35. The van der Waals surface area contributed by atoms with Gasteiger partial charge in [0.15, 0.2) is 0 Å². The number of hydrogen-bond donors (Lipinski definition) is 1. The maximum atomic E-state index is 14.8. The number of aromatic nitrogens is 3. The maximum absolute atomic E-state index is 14.8. The van der Waals surface area contributed by atoms with Gasteiger partial charge in [-0.2, -0.15) is 4.39 Å². The smallest absolute Gasteiger partial charge is 0.314 e. The van der Waals surface area contributed by atoms with Crippen LogP contribution in [0.2, 0.25) is 5.02 Å². The first kappa shape index (κ1) is 19.3. The summed E-state index contributed by atoms with van der Waals surface area (Å²) in [5.74, 6) is -1.10. The van der Waals surface area contributed by atoms with Crippen LogP contribution in [-0.4, -0.2) is 32.2 Å². The van der Waals surface area contributed by atoms with Gasteiger partial charge in [-0.05, 0) is 49.9 Å². The van der Waals surface area contributed by atoms with Gasteiger partial charge in [0.2, 0.25) is 5.95 Å². The Labute approximate surface area is 179 Å². The van der Waals surface area contributed by atoms with Gasteiger partial charge in [0.05, 0.1) is 16.8 Å². The van der Waals surface area contributed by atoms with Crippen molar-refractivity contribution in [1.82, 2.24) is 20.1 Å². The molecule has 5 rings (SSSR count). The van der Waals surface area contributed by atoms with Gasteiger partial charge in [-0.15, -0.1) is 10.2 Å². The number of carbonyl (C=O) groups excluding carboxylic acids is 1. The summed E-state index contributed by atoms with van der Waals surface area (Å²) in [5, 5.41) is 12.1. The predicted molar refractivity (Wildman–Crippen MR) is 110 cm³/mol. The Bertz CT molecular complexity index is 1170. The van der Waals surface area contributed by atoms with Gasteiger partial charge < -0.3 is 10.2 Å². The van der Waals surface area contributed by atoms with E-state index >= 15 is 0 Å². The van der Waals surface area contributed by atoms with E-state index in [0.29, 0.717) is 22.6 Å². The molecule has 2 bridgehead atoms. The lowest BCUT2D eigenvalue weighted by molar-refractivity contribution is 0.178. The van der Waals surface area contributed by atoms with E-state index in [2.05, 4.69) is 20.5 Å². The molecular weight excluding hydrogens is 432 g/mol. The Hall–Kier alpha value is -2.65. The van der Waals surface area contributed by atoms with Gasteiger partial charge >= 0.3 is 6.03 Å². The number of halogens is 3. The Morgan fingerprint density at radius 3 is 2.90 bits per heavy atom. The van der Waals surface area contributed by atoms with Gasteiger partial charge in [0.25, 0.3) is 0 Å². The van der Waals surface area contributed by atoms with E-state index < -0.39 is 17.8 Å². The molecule has 2 amide bonds. The summed E-state index contributed by atoms with van der Waals surface area (Å²) in [4.78, 5) is 18.4. The van der Waals surface area contributed by atoms with Crippen LogP contribution >= 0.6 is 22.9 Å². The number of nitrogens with one attached hydrogen (secondary N) is 1. The highest BCUT2D eigenvalue weighted by atomic mass is 35.5. The van der Waals surface area contributed by atoms with Crippen LogP contribution in [0.1, 0.15) is 35.0 Å². The average molecular weight is 448 g/mol. The van der Waals surface area contributed by atoms with Crippen molar-refractivity contribution in [1.29, 1.82) is 0 Å². The second-order valence-corrected chi connectivity index (χ2v) is 8.99. The van der Waals surface area contributed by atoms with Gasteiger partial charge in [0.1, 0.15) is 15.8 Å². The third-order valence-electron chi connectivity index (χ3n) is 5.63. The first-order chi connectivity index (χ1) is 14.4. The van der Waals surface area contributed by atoms with Crippen LogP contribution in [0.15, 0.2) is 24.4 Å². The predicted octanol–water partition coefficient (Wildman–Crippen LogP) is 5.13. The lowest BCUT2D eigenvalue weighted by atomic mass is 9.95. The monoisotopic (exact) mass is 447 g/mol. The molecule has 4 heterocycles. The molecule has 1 saturated heterocycles. The minimum absolute atomic E-state index is 0.0129. The van der Waals surface area contributed by atoms with Crippen LogP contribution < -0.4 is 5.32 Å². The number of amides is 2. The summed E-state index contributed by atoms with van der Waals surface area (Å²) >= 11 is 7.63. The fourth-order valence-electron chi connectivity index (χ4n) is 4.32. The van der Waals surface area contributed by atoms with Crippen LogP contribution in [0.5, 0.6) is 0 Å². The van der Waals surface area contributed by atoms with Gasteiger partial charge in [-0.1, -0.05) is 22.9 Å². The molecule has 0 aliphatic carbocycles. The van der Waals surface area contributed by atoms with Gasteiger partial charge in [-0.25, -0.2) is 14.2 Å². The number of nitrogens with zero attached hydrogens (tertiary/aromatic N) is 4. The quantitative estimate of drug-likeness (QED) is 0.552. The van der Waals surface area contributed by atoms with Crippen molar-refractivity contribution in [2.75, 3.05) is 5.32 Å². The number of urea groups is 1. The van der Waals surface area contributed by atoms with Crippen LogP contribution in [0, 0.1) is 18.7 Å². The molecule has 0 radical (unpaired) electrons. The molecule has 0 saturated carbocycles. The largest absolute Gasteiger partial charge is 0.322 e. The van der Waals surface area contributed by atoms with Crippen molar-refractivity contribution >= 4 is 34.7 Å². The molecule has 2 aromatic heterocycles. The van der Waals surface area contributed by atoms with Crippen molar-refractivity contribution < 1.29 is 13.6 Å². The van der Waals surface area contributed by atoms with E-state index in [4.69, 9.17) is 11.6 Å². The van der Waals surface area contributed by atoms with Crippen molar-refractivity contribution in [3.05, 3.63) is 57.3 Å². The third kappa shape index (κ3) is 3.13. The minimum Gasteiger partial charge on any atom is -0.314 e. The molecule has 30 heavy (non-hydrogen) atoms. The van der Waals surface area contributed by atoms with E-state index in [1.807, 2.05) is 0 Å². The molecule has 2 aliphatic rings. The Kier molecular flexibility index (Phi) is 4.67. The molecule has 2 atom stereocenters. The van der Waals surface area contributed by atoms with Crippen molar-refractivity contribution in [2.45, 2.75) is 38.3 Å². The highest BCUT2D eigenvalue weighted by molar-refractivity contribution is 7.14. The molecule has 6 nitrogen and oxygen atoms in total. The normalized spacial score (nSPS) is 19.7. The van der Waals surface area contributed by atoms with E-state index in [1.54, 1.807) is 17.9 Å². The minimum atomic E-state index is -0.615. The molecular formula is C20H16ClF2N5OS. The summed E-state index contributed by atoms with van der Waals surface area (Å²) in [5.41, 5.74) is 1.75. The molecule has 0 spiro atoms. The Morgan fingerprint density at radius 1 is 1.30 bits per heavy atom. The summed E-state index contributed by atoms with van der Waals surface area (Å²) in [6.45, 7) is 1.80. The lowest BCUT2D eigenvalue weighted by Crippen LogP contribution is -2.44. The van der Waals surface area contributed by atoms with Crippen LogP contribution in [-0.2, 0) is 6.42 Å². The molecule has 1 N–H and O–H groups in total. The number of fused-ring (bicyclic) bond motifs is 4. The molecule has 10 heteroatoms. The van der Waals surface area contributed by atoms with Crippen molar-refractivity contribution in [3.63, 3.8) is 0 Å². The zero-order valence-electron chi connectivity index (χ0n) is 15.8. The standard InChI is InChI=1S/C20H16ClF2N5OS/c1-9-26-27-19(30-9)13-7-15(22)16(8-14(13)21)25-20(29)28-10-2-3-17(28)11-4-5-24-18(23)12(11)6-10/h4-5,7-8,10,17H,2-3,6H2,1H3,(H,25,29)/t10-,17+/m0/s1. The summed E-state index contributed by atoms with van der Waals surface area (Å²) in [7, 11) is 0. The maximum Gasteiger partial charge on any atom is 0.322 e. The number of carbonyl (C=O) groups is 1. The van der Waals surface area contributed by atoms with E-state index in [0.717, 1.165) is 23.4 Å². The summed E-state index contributed by atoms with van der Waals surface area (Å²) < 4.78 is 28.9. The molecule has 3 aromatic rings. The summed E-state index contributed by atoms with van der Waals surface area (Å²) in [6.07, 6.45) is 3.30. The van der Waals surface area contributed by atoms with Crippen molar-refractivity contribution in [2.24, 2.45) is 0 Å². The lowest BCUT2D eigenvalue weighted by Gasteiger charge is -2.36. The second kappa shape index (κ2) is 7.24. The van der Waals surface area contributed by atoms with E-state index in [-0.39, 0.29) is 22.8 Å². The SMILES string of the molecule is Cc1nnc(-c2cc(F)c(NC(=O)N3[C@H]4CC[C@@H]3c3ccnc(F)c3C4)cc2Cl)s1. The number of hydrogen-bond acceptors (Lipinski definition) is 5. The molecule has 1 fully saturated rings. The van der Waals surface area contributed by atoms with E-state index in [9.17, 15) is 13.6 Å². The van der Waals surface area contributed by atoms with Gasteiger partial charge in [-0.3, -0.25) is 0 Å². The summed E-state index contributed by atoms with van der Waals surface area (Å²) in [6, 6.07) is 3.55. The zero-order valence-corrected chi connectivity index (χ0v) is 17.4.